The highest BCUT2D eigenvalue weighted by Crippen LogP contribution is 2.50. The zero-order valence-corrected chi connectivity index (χ0v) is 18.0. The molecule has 0 saturated heterocycles. The second-order valence-corrected chi connectivity index (χ2v) is 8.14. The molecular weight excluding hydrogens is 424 g/mol. The molecule has 4 aromatic rings. The topological polar surface area (TPSA) is 61.2 Å². The summed E-state index contributed by atoms with van der Waals surface area (Å²) in [5.41, 5.74) is 5.08. The number of methoxy groups -OCH3 is 1. The van der Waals surface area contributed by atoms with E-state index in [0.717, 1.165) is 39.5 Å². The van der Waals surface area contributed by atoms with E-state index in [0.29, 0.717) is 11.0 Å². The summed E-state index contributed by atoms with van der Waals surface area (Å²) in [4.78, 5) is 4.47. The molecule has 0 radical (unpaired) electrons. The molecule has 7 heteroatoms. The van der Waals surface area contributed by atoms with Gasteiger partial charge >= 0.3 is 0 Å². The Morgan fingerprint density at radius 1 is 1.00 bits per heavy atom. The Hall–Kier alpha value is -3.77. The molecule has 0 bridgehead atoms. The van der Waals surface area contributed by atoms with Crippen LogP contribution in [0.3, 0.4) is 0 Å². The van der Waals surface area contributed by atoms with Gasteiger partial charge in [-0.3, -0.25) is 0 Å². The van der Waals surface area contributed by atoms with Crippen LogP contribution in [0.25, 0.3) is 5.70 Å². The number of ether oxygens (including phenoxy) is 2. The molecule has 0 fully saturated rings. The number of aromatic nitrogens is 3. The fourth-order valence-corrected chi connectivity index (χ4v) is 4.59. The van der Waals surface area contributed by atoms with E-state index in [4.69, 9.17) is 21.1 Å². The largest absolute Gasteiger partial charge is 0.497 e. The molecule has 1 N–H and O–H groups in total. The van der Waals surface area contributed by atoms with Crippen molar-refractivity contribution in [2.24, 2.45) is 0 Å². The van der Waals surface area contributed by atoms with E-state index in [1.54, 1.807) is 13.4 Å². The molecule has 6 rings (SSSR count). The molecule has 3 heterocycles. The molecule has 6 nitrogen and oxygen atoms in total. The molecule has 0 spiro atoms. The lowest BCUT2D eigenvalue weighted by Gasteiger charge is -2.39. The van der Waals surface area contributed by atoms with Crippen LogP contribution in [0.15, 0.2) is 84.7 Å². The minimum absolute atomic E-state index is 0.229. The predicted molar refractivity (Wildman–Crippen MR) is 123 cm³/mol. The Kier molecular flexibility index (Phi) is 4.40. The molecule has 0 saturated carbocycles. The SMILES string of the molecule is COc1cccc([C@@H]2C3=C(Nc4ncnn42)c2ccccc2O[C@@H]3c2ccc(Cl)cc2)c1. The standard InChI is InChI=1S/C25H19ClN4O2/c1-31-18-6-4-5-16(13-18)23-21-22(29-25-27-14-28-30(23)25)19-7-2-3-8-20(19)32-24(21)15-9-11-17(26)12-10-15/h2-14,23-24H,1H3,(H,27,28,29)/t23-,24-/m1/s1. The van der Waals surface area contributed by atoms with Crippen LogP contribution >= 0.6 is 11.6 Å². The summed E-state index contributed by atoms with van der Waals surface area (Å²) in [6.45, 7) is 0. The second-order valence-electron chi connectivity index (χ2n) is 7.71. The monoisotopic (exact) mass is 442 g/mol. The summed E-state index contributed by atoms with van der Waals surface area (Å²) < 4.78 is 14.0. The van der Waals surface area contributed by atoms with Gasteiger partial charge in [-0.1, -0.05) is 48.0 Å². The summed E-state index contributed by atoms with van der Waals surface area (Å²) in [6.07, 6.45) is 1.23. The van der Waals surface area contributed by atoms with E-state index in [9.17, 15) is 0 Å². The highest BCUT2D eigenvalue weighted by Gasteiger charge is 2.40. The third-order valence-corrected chi connectivity index (χ3v) is 6.16. The fourth-order valence-electron chi connectivity index (χ4n) is 4.46. The number of nitrogens with zero attached hydrogens (tertiary/aromatic N) is 3. The number of hydrogen-bond donors (Lipinski definition) is 1. The maximum atomic E-state index is 6.59. The molecule has 0 unspecified atom stereocenters. The number of halogens is 1. The zero-order valence-electron chi connectivity index (χ0n) is 17.2. The van der Waals surface area contributed by atoms with Crippen molar-refractivity contribution in [1.82, 2.24) is 14.8 Å². The summed E-state index contributed by atoms with van der Waals surface area (Å²) in [7, 11) is 1.67. The van der Waals surface area contributed by atoms with E-state index in [1.807, 2.05) is 65.3 Å². The van der Waals surface area contributed by atoms with Crippen molar-refractivity contribution >= 4 is 23.2 Å². The van der Waals surface area contributed by atoms with Crippen molar-refractivity contribution in [3.8, 4) is 11.5 Å². The van der Waals surface area contributed by atoms with Crippen LogP contribution in [0.1, 0.15) is 28.8 Å². The molecule has 2 atom stereocenters. The highest BCUT2D eigenvalue weighted by molar-refractivity contribution is 6.30. The Bertz CT molecular complexity index is 1350. The van der Waals surface area contributed by atoms with E-state index < -0.39 is 0 Å². The van der Waals surface area contributed by atoms with Crippen LogP contribution in [-0.2, 0) is 0 Å². The van der Waals surface area contributed by atoms with Crippen molar-refractivity contribution in [3.05, 3.63) is 106 Å². The number of benzene rings is 3. The summed E-state index contributed by atoms with van der Waals surface area (Å²) in [5.74, 6) is 2.28. The molecular formula is C25H19ClN4O2. The van der Waals surface area contributed by atoms with Crippen molar-refractivity contribution in [2.45, 2.75) is 12.1 Å². The Morgan fingerprint density at radius 3 is 2.69 bits per heavy atom. The molecule has 32 heavy (non-hydrogen) atoms. The predicted octanol–water partition coefficient (Wildman–Crippen LogP) is 5.50. The van der Waals surface area contributed by atoms with Crippen LogP contribution in [0.2, 0.25) is 5.02 Å². The van der Waals surface area contributed by atoms with Gasteiger partial charge in [0.05, 0.1) is 12.8 Å². The number of fused-ring (bicyclic) bond motifs is 3. The van der Waals surface area contributed by atoms with Gasteiger partial charge in [0.15, 0.2) is 0 Å². The lowest BCUT2D eigenvalue weighted by atomic mass is 9.84. The molecule has 3 aromatic carbocycles. The lowest BCUT2D eigenvalue weighted by Crippen LogP contribution is -2.32. The quantitative estimate of drug-likeness (QED) is 0.454. The molecule has 0 aliphatic carbocycles. The van der Waals surface area contributed by atoms with Crippen LogP contribution < -0.4 is 14.8 Å². The Morgan fingerprint density at radius 2 is 1.84 bits per heavy atom. The van der Waals surface area contributed by atoms with Crippen molar-refractivity contribution in [2.75, 3.05) is 12.4 Å². The smallest absolute Gasteiger partial charge is 0.226 e. The van der Waals surface area contributed by atoms with Crippen molar-refractivity contribution in [3.63, 3.8) is 0 Å². The van der Waals surface area contributed by atoms with E-state index in [1.165, 1.54) is 0 Å². The number of para-hydroxylation sites is 1. The van der Waals surface area contributed by atoms with Crippen LogP contribution in [0.4, 0.5) is 5.95 Å². The first-order chi connectivity index (χ1) is 15.7. The molecule has 2 aliphatic heterocycles. The number of hydrogen-bond acceptors (Lipinski definition) is 5. The van der Waals surface area contributed by atoms with Gasteiger partial charge in [-0.2, -0.15) is 10.1 Å². The third-order valence-electron chi connectivity index (χ3n) is 5.90. The summed E-state index contributed by atoms with van der Waals surface area (Å²) >= 11 is 6.18. The Labute approximate surface area is 190 Å². The average Bonchev–Trinajstić information content (AvgIpc) is 3.31. The van der Waals surface area contributed by atoms with Gasteiger partial charge in [0.1, 0.15) is 30.0 Å². The van der Waals surface area contributed by atoms with Gasteiger partial charge < -0.3 is 14.8 Å². The number of nitrogens with one attached hydrogen (secondary N) is 1. The maximum absolute atomic E-state index is 6.59. The first-order valence-corrected chi connectivity index (χ1v) is 10.7. The van der Waals surface area contributed by atoms with Crippen molar-refractivity contribution < 1.29 is 9.47 Å². The van der Waals surface area contributed by atoms with E-state index in [-0.39, 0.29) is 12.1 Å². The first kappa shape index (κ1) is 19.0. The Balaban J connectivity index is 1.62. The van der Waals surface area contributed by atoms with Gasteiger partial charge in [0.25, 0.3) is 0 Å². The lowest BCUT2D eigenvalue weighted by molar-refractivity contribution is 0.223. The zero-order chi connectivity index (χ0) is 21.7. The van der Waals surface area contributed by atoms with Gasteiger partial charge in [-0.15, -0.1) is 0 Å². The molecule has 1 aromatic heterocycles. The summed E-state index contributed by atoms with van der Waals surface area (Å²) in [6, 6.07) is 23.6. The normalized spacial score (nSPS) is 18.7. The molecule has 158 valence electrons. The van der Waals surface area contributed by atoms with Crippen LogP contribution in [0.5, 0.6) is 11.5 Å². The van der Waals surface area contributed by atoms with Gasteiger partial charge in [0.2, 0.25) is 5.95 Å². The molecule has 0 amide bonds. The maximum Gasteiger partial charge on any atom is 0.226 e. The average molecular weight is 443 g/mol. The van der Waals surface area contributed by atoms with Crippen LogP contribution in [0, 0.1) is 0 Å². The van der Waals surface area contributed by atoms with Crippen molar-refractivity contribution in [1.29, 1.82) is 0 Å². The highest BCUT2D eigenvalue weighted by atomic mass is 35.5. The number of anilines is 1. The minimum atomic E-state index is -0.335. The second kappa shape index (κ2) is 7.43. The third kappa shape index (κ3) is 2.95. The van der Waals surface area contributed by atoms with Gasteiger partial charge in [-0.05, 0) is 47.5 Å². The van der Waals surface area contributed by atoms with Gasteiger partial charge in [-0.25, -0.2) is 4.68 Å². The first-order valence-electron chi connectivity index (χ1n) is 10.3. The number of rotatable bonds is 3. The minimum Gasteiger partial charge on any atom is -0.497 e. The van der Waals surface area contributed by atoms with E-state index >= 15 is 0 Å². The van der Waals surface area contributed by atoms with E-state index in [2.05, 4.69) is 27.5 Å². The van der Waals surface area contributed by atoms with Gasteiger partial charge in [0, 0.05) is 16.2 Å². The molecule has 2 aliphatic rings. The summed E-state index contributed by atoms with van der Waals surface area (Å²) in [5, 5.41) is 8.74. The van der Waals surface area contributed by atoms with Crippen LogP contribution in [-0.4, -0.2) is 21.9 Å². The fraction of sp³-hybridized carbons (Fsp3) is 0.120.